The predicted molar refractivity (Wildman–Crippen MR) is 104 cm³/mol. The van der Waals surface area contributed by atoms with Crippen LogP contribution in [0.4, 0.5) is 0 Å². The normalized spacial score (nSPS) is 15.7. The molecule has 0 bridgehead atoms. The smallest absolute Gasteiger partial charge is 0.328 e. The summed E-state index contributed by atoms with van der Waals surface area (Å²) in [6.45, 7) is 2.05. The van der Waals surface area contributed by atoms with Crippen molar-refractivity contribution >= 4 is 16.8 Å². The number of nitrogens with zero attached hydrogens (tertiary/aromatic N) is 2. The monoisotopic (exact) mass is 363 g/mol. The van der Waals surface area contributed by atoms with E-state index in [9.17, 15) is 14.4 Å². The largest absolute Gasteiger partial charge is 0.335 e. The van der Waals surface area contributed by atoms with Gasteiger partial charge in [0.05, 0.1) is 16.9 Å². The van der Waals surface area contributed by atoms with E-state index in [2.05, 4.69) is 17.1 Å². The van der Waals surface area contributed by atoms with E-state index in [-0.39, 0.29) is 17.5 Å². The molecule has 0 unspecified atom stereocenters. The van der Waals surface area contributed by atoms with Crippen LogP contribution >= 0.6 is 0 Å². The number of aryl methyl sites for hydroxylation is 1. The molecule has 1 aromatic heterocycles. The molecule has 27 heavy (non-hydrogen) atoms. The highest BCUT2D eigenvalue weighted by molar-refractivity contribution is 5.97. The molecule has 1 aliphatic carbocycles. The van der Waals surface area contributed by atoms with Crippen LogP contribution in [0.5, 0.6) is 0 Å². The van der Waals surface area contributed by atoms with Gasteiger partial charge < -0.3 is 9.88 Å². The Hall–Kier alpha value is -3.15. The van der Waals surface area contributed by atoms with E-state index >= 15 is 0 Å². The fourth-order valence-corrected chi connectivity index (χ4v) is 3.96. The van der Waals surface area contributed by atoms with Crippen molar-refractivity contribution in [1.29, 1.82) is 0 Å². The SMILES string of the molecule is CCn1c(=O)[nH]c2cc(C(=O)N(C)[C@H]3CCc4ccccc43)ccc2c1=O. The lowest BCUT2D eigenvalue weighted by Crippen LogP contribution is -2.34. The van der Waals surface area contributed by atoms with Gasteiger partial charge in [0, 0.05) is 19.2 Å². The minimum absolute atomic E-state index is 0.0385. The van der Waals surface area contributed by atoms with Gasteiger partial charge in [0.25, 0.3) is 11.5 Å². The molecule has 1 aliphatic rings. The van der Waals surface area contributed by atoms with E-state index in [1.165, 1.54) is 11.1 Å². The van der Waals surface area contributed by atoms with Crippen LogP contribution in [0.25, 0.3) is 10.9 Å². The van der Waals surface area contributed by atoms with Gasteiger partial charge >= 0.3 is 5.69 Å². The first kappa shape index (κ1) is 17.3. The number of H-pyrrole nitrogens is 1. The highest BCUT2D eigenvalue weighted by atomic mass is 16.2. The number of aromatic amines is 1. The second kappa shape index (κ2) is 6.54. The number of aromatic nitrogens is 2. The molecule has 4 rings (SSSR count). The zero-order valence-corrected chi connectivity index (χ0v) is 15.4. The number of hydrogen-bond donors (Lipinski definition) is 1. The topological polar surface area (TPSA) is 75.2 Å². The van der Waals surface area contributed by atoms with E-state index in [0.29, 0.717) is 23.0 Å². The third kappa shape index (κ3) is 2.77. The average Bonchev–Trinajstić information content (AvgIpc) is 3.11. The van der Waals surface area contributed by atoms with Gasteiger partial charge in [-0.25, -0.2) is 4.79 Å². The van der Waals surface area contributed by atoms with Crippen LogP contribution in [0.2, 0.25) is 0 Å². The van der Waals surface area contributed by atoms with E-state index in [0.717, 1.165) is 17.4 Å². The quantitative estimate of drug-likeness (QED) is 0.777. The summed E-state index contributed by atoms with van der Waals surface area (Å²) in [5, 5.41) is 0.405. The van der Waals surface area contributed by atoms with Crippen LogP contribution in [0.3, 0.4) is 0 Å². The molecule has 6 nitrogen and oxygen atoms in total. The molecule has 3 aromatic rings. The highest BCUT2D eigenvalue weighted by Crippen LogP contribution is 2.35. The molecule has 0 aliphatic heterocycles. The lowest BCUT2D eigenvalue weighted by molar-refractivity contribution is 0.0730. The summed E-state index contributed by atoms with van der Waals surface area (Å²) >= 11 is 0. The number of hydrogen-bond acceptors (Lipinski definition) is 3. The van der Waals surface area contributed by atoms with E-state index in [4.69, 9.17) is 0 Å². The third-order valence-electron chi connectivity index (χ3n) is 5.43. The first-order chi connectivity index (χ1) is 13.0. The standard InChI is InChI=1S/C21H21N3O3/c1-3-24-20(26)16-10-8-14(12-17(16)22-21(24)27)19(25)23(2)18-11-9-13-6-4-5-7-15(13)18/h4-8,10,12,18H,3,9,11H2,1-2H3,(H,22,27)/t18-/m0/s1. The maximum atomic E-state index is 13.0. The van der Waals surface area contributed by atoms with Gasteiger partial charge in [-0.05, 0) is 49.1 Å². The van der Waals surface area contributed by atoms with Crippen LogP contribution in [0, 0.1) is 0 Å². The Kier molecular flexibility index (Phi) is 4.18. The summed E-state index contributed by atoms with van der Waals surface area (Å²) < 4.78 is 1.14. The minimum Gasteiger partial charge on any atom is -0.335 e. The molecule has 138 valence electrons. The molecular formula is C21H21N3O3. The zero-order chi connectivity index (χ0) is 19.1. The molecule has 1 N–H and O–H groups in total. The van der Waals surface area contributed by atoms with Crippen molar-refractivity contribution in [1.82, 2.24) is 14.5 Å². The van der Waals surface area contributed by atoms with Crippen molar-refractivity contribution in [3.63, 3.8) is 0 Å². The van der Waals surface area contributed by atoms with Crippen LogP contribution in [0.15, 0.2) is 52.1 Å². The number of carbonyl (C=O) groups is 1. The molecule has 0 spiro atoms. The summed E-state index contributed by atoms with van der Waals surface area (Å²) in [6.07, 6.45) is 1.85. The molecule has 2 aromatic carbocycles. The zero-order valence-electron chi connectivity index (χ0n) is 15.4. The molecule has 1 heterocycles. The van der Waals surface area contributed by atoms with Crippen LogP contribution in [-0.4, -0.2) is 27.4 Å². The van der Waals surface area contributed by atoms with Gasteiger partial charge in [-0.3, -0.25) is 14.2 Å². The van der Waals surface area contributed by atoms with E-state index < -0.39 is 5.69 Å². The number of carbonyl (C=O) groups excluding carboxylic acids is 1. The van der Waals surface area contributed by atoms with Gasteiger partial charge in [-0.1, -0.05) is 24.3 Å². The minimum atomic E-state index is -0.460. The van der Waals surface area contributed by atoms with Gasteiger partial charge in [-0.15, -0.1) is 0 Å². The number of nitrogens with one attached hydrogen (secondary N) is 1. The molecule has 0 saturated carbocycles. The Bertz CT molecular complexity index is 1160. The highest BCUT2D eigenvalue weighted by Gasteiger charge is 2.29. The third-order valence-corrected chi connectivity index (χ3v) is 5.43. The van der Waals surface area contributed by atoms with Gasteiger partial charge in [0.1, 0.15) is 0 Å². The predicted octanol–water partition coefficient (Wildman–Crippen LogP) is 2.47. The van der Waals surface area contributed by atoms with Crippen molar-refractivity contribution in [2.45, 2.75) is 32.4 Å². The molecule has 0 radical (unpaired) electrons. The van der Waals surface area contributed by atoms with Gasteiger partial charge in [-0.2, -0.15) is 0 Å². The summed E-state index contributed by atoms with van der Waals surface area (Å²) in [7, 11) is 1.80. The van der Waals surface area contributed by atoms with Crippen molar-refractivity contribution in [2.24, 2.45) is 0 Å². The second-order valence-corrected chi connectivity index (χ2v) is 6.91. The molecule has 0 saturated heterocycles. The first-order valence-electron chi connectivity index (χ1n) is 9.13. The fourth-order valence-electron chi connectivity index (χ4n) is 3.96. The Morgan fingerprint density at radius 2 is 2.00 bits per heavy atom. The Morgan fingerprint density at radius 1 is 1.22 bits per heavy atom. The summed E-state index contributed by atoms with van der Waals surface area (Å²) in [5.41, 5.74) is 2.52. The Morgan fingerprint density at radius 3 is 2.78 bits per heavy atom. The molecule has 1 amide bonds. The summed E-state index contributed by atoms with van der Waals surface area (Å²) in [5.74, 6) is -0.126. The van der Waals surface area contributed by atoms with Crippen molar-refractivity contribution in [3.8, 4) is 0 Å². The van der Waals surface area contributed by atoms with E-state index in [1.807, 2.05) is 12.1 Å². The second-order valence-electron chi connectivity index (χ2n) is 6.91. The number of amides is 1. The van der Waals surface area contributed by atoms with Crippen LogP contribution in [0.1, 0.15) is 40.9 Å². The number of rotatable bonds is 3. The molecular weight excluding hydrogens is 342 g/mol. The summed E-state index contributed by atoms with van der Waals surface area (Å²) in [6, 6.07) is 13.1. The molecule has 0 fully saturated rings. The van der Waals surface area contributed by atoms with Crippen LogP contribution < -0.4 is 11.2 Å². The van der Waals surface area contributed by atoms with Crippen molar-refractivity contribution in [2.75, 3.05) is 7.05 Å². The lowest BCUT2D eigenvalue weighted by Gasteiger charge is -2.25. The number of benzene rings is 2. The maximum absolute atomic E-state index is 13.0. The Labute approximate surface area is 156 Å². The number of fused-ring (bicyclic) bond motifs is 2. The van der Waals surface area contributed by atoms with Crippen molar-refractivity contribution < 1.29 is 4.79 Å². The lowest BCUT2D eigenvalue weighted by atomic mass is 10.1. The van der Waals surface area contributed by atoms with E-state index in [1.54, 1.807) is 37.1 Å². The summed E-state index contributed by atoms with van der Waals surface area (Å²) in [4.78, 5) is 41.9. The van der Waals surface area contributed by atoms with Crippen molar-refractivity contribution in [3.05, 3.63) is 80.0 Å². The Balaban J connectivity index is 1.71. The fraction of sp³-hybridized carbons (Fsp3) is 0.286. The average molecular weight is 363 g/mol. The molecule has 6 heteroatoms. The molecule has 1 atom stereocenters. The van der Waals surface area contributed by atoms with Crippen LogP contribution in [-0.2, 0) is 13.0 Å². The van der Waals surface area contributed by atoms with Gasteiger partial charge in [0.15, 0.2) is 0 Å². The van der Waals surface area contributed by atoms with Gasteiger partial charge in [0.2, 0.25) is 0 Å². The maximum Gasteiger partial charge on any atom is 0.328 e. The first-order valence-corrected chi connectivity index (χ1v) is 9.13.